The van der Waals surface area contributed by atoms with E-state index in [9.17, 15) is 9.59 Å². The minimum Gasteiger partial charge on any atom is -0.339 e. The molecule has 5 aliphatic rings. The Hall–Kier alpha value is -1.06. The lowest BCUT2D eigenvalue weighted by Gasteiger charge is -2.57. The van der Waals surface area contributed by atoms with Gasteiger partial charge in [-0.1, -0.05) is 19.8 Å². The van der Waals surface area contributed by atoms with E-state index in [-0.39, 0.29) is 11.3 Å². The van der Waals surface area contributed by atoms with Crippen molar-refractivity contribution in [1.82, 2.24) is 9.80 Å². The zero-order chi connectivity index (χ0) is 17.4. The molecule has 0 atom stereocenters. The summed E-state index contributed by atoms with van der Waals surface area (Å²) < 4.78 is 0. The van der Waals surface area contributed by atoms with Crippen molar-refractivity contribution in [3.63, 3.8) is 0 Å². The number of piperazine rings is 1. The minimum absolute atomic E-state index is 0.0257. The molecule has 0 N–H and O–H groups in total. The Morgan fingerprint density at radius 3 is 1.88 bits per heavy atom. The summed E-state index contributed by atoms with van der Waals surface area (Å²) in [5.41, 5.74) is -0.0257. The fourth-order valence-corrected chi connectivity index (χ4v) is 6.55. The van der Waals surface area contributed by atoms with Crippen molar-refractivity contribution in [2.75, 3.05) is 26.2 Å². The van der Waals surface area contributed by atoms with Crippen LogP contribution in [0, 0.1) is 23.2 Å². The molecule has 0 aromatic carbocycles. The van der Waals surface area contributed by atoms with Crippen molar-refractivity contribution < 1.29 is 9.59 Å². The van der Waals surface area contributed by atoms with Gasteiger partial charge in [0.25, 0.3) is 0 Å². The van der Waals surface area contributed by atoms with Crippen LogP contribution in [0.2, 0.25) is 0 Å². The topological polar surface area (TPSA) is 40.6 Å². The first-order valence-corrected chi connectivity index (χ1v) is 10.7. The molecule has 0 aromatic heterocycles. The zero-order valence-corrected chi connectivity index (χ0v) is 15.8. The summed E-state index contributed by atoms with van der Waals surface area (Å²) >= 11 is 0. The van der Waals surface area contributed by atoms with Crippen LogP contribution in [0.4, 0.5) is 0 Å². The predicted octanol–water partition coefficient (Wildman–Crippen LogP) is 3.45. The van der Waals surface area contributed by atoms with Gasteiger partial charge in [-0.25, -0.2) is 0 Å². The summed E-state index contributed by atoms with van der Waals surface area (Å²) in [6, 6.07) is 0. The molecule has 5 rings (SSSR count). The smallest absolute Gasteiger partial charge is 0.228 e. The third-order valence-corrected chi connectivity index (χ3v) is 7.41. The average molecular weight is 347 g/mol. The zero-order valence-electron chi connectivity index (χ0n) is 15.8. The van der Waals surface area contributed by atoms with Crippen molar-refractivity contribution in [2.24, 2.45) is 23.2 Å². The molecule has 1 heterocycles. The summed E-state index contributed by atoms with van der Waals surface area (Å²) in [5.74, 6) is 3.17. The highest BCUT2D eigenvalue weighted by Gasteiger charge is 2.55. The van der Waals surface area contributed by atoms with E-state index in [4.69, 9.17) is 0 Å². The summed E-state index contributed by atoms with van der Waals surface area (Å²) in [6.07, 6.45) is 11.6. The monoisotopic (exact) mass is 346 g/mol. The maximum Gasteiger partial charge on any atom is 0.228 e. The van der Waals surface area contributed by atoms with E-state index in [0.717, 1.165) is 82.5 Å². The van der Waals surface area contributed by atoms with Gasteiger partial charge < -0.3 is 9.80 Å². The predicted molar refractivity (Wildman–Crippen MR) is 97.9 cm³/mol. The van der Waals surface area contributed by atoms with Gasteiger partial charge in [0.05, 0.1) is 5.41 Å². The van der Waals surface area contributed by atoms with E-state index in [0.29, 0.717) is 12.3 Å². The third kappa shape index (κ3) is 3.33. The second-order valence-corrected chi connectivity index (χ2v) is 9.33. The lowest BCUT2D eigenvalue weighted by molar-refractivity contribution is -0.160. The number of rotatable bonds is 5. The van der Waals surface area contributed by atoms with Crippen LogP contribution in [0.25, 0.3) is 0 Å². The number of nitrogens with zero attached hydrogens (tertiary/aromatic N) is 2. The lowest BCUT2D eigenvalue weighted by atomic mass is 9.49. The average Bonchev–Trinajstić information content (AvgIpc) is 2.60. The van der Waals surface area contributed by atoms with Crippen molar-refractivity contribution in [3.8, 4) is 0 Å². The Kier molecular flexibility index (Phi) is 4.81. The highest BCUT2D eigenvalue weighted by molar-refractivity contribution is 5.84. The molecule has 140 valence electrons. The molecule has 0 radical (unpaired) electrons. The molecule has 2 amide bonds. The van der Waals surface area contributed by atoms with Gasteiger partial charge in [0, 0.05) is 32.6 Å². The first kappa shape index (κ1) is 17.4. The molecule has 25 heavy (non-hydrogen) atoms. The third-order valence-electron chi connectivity index (χ3n) is 7.41. The van der Waals surface area contributed by atoms with Gasteiger partial charge in [0.2, 0.25) is 11.8 Å². The molecule has 4 aliphatic carbocycles. The Labute approximate surface area is 152 Å². The van der Waals surface area contributed by atoms with Crippen molar-refractivity contribution in [3.05, 3.63) is 0 Å². The highest BCUT2D eigenvalue weighted by atomic mass is 16.2. The second kappa shape index (κ2) is 6.92. The van der Waals surface area contributed by atoms with E-state index < -0.39 is 0 Å². The maximum atomic E-state index is 13.4. The van der Waals surface area contributed by atoms with E-state index in [1.807, 2.05) is 4.90 Å². The van der Waals surface area contributed by atoms with Crippen molar-refractivity contribution >= 4 is 11.8 Å². The molecule has 1 aliphatic heterocycles. The van der Waals surface area contributed by atoms with Crippen molar-refractivity contribution in [1.29, 1.82) is 0 Å². The summed E-state index contributed by atoms with van der Waals surface area (Å²) in [7, 11) is 0. The number of unbranched alkanes of at least 4 members (excludes halogenated alkanes) is 2. The van der Waals surface area contributed by atoms with Gasteiger partial charge in [-0.2, -0.15) is 0 Å². The molecular weight excluding hydrogens is 312 g/mol. The fraction of sp³-hybridized carbons (Fsp3) is 0.905. The molecule has 5 fully saturated rings. The van der Waals surface area contributed by atoms with Crippen LogP contribution < -0.4 is 0 Å². The van der Waals surface area contributed by atoms with Gasteiger partial charge in [0.1, 0.15) is 0 Å². The molecule has 1 saturated heterocycles. The van der Waals surface area contributed by atoms with Crippen LogP contribution in [0.1, 0.15) is 71.1 Å². The lowest BCUT2D eigenvalue weighted by Crippen LogP contribution is -2.58. The molecule has 4 nitrogen and oxygen atoms in total. The van der Waals surface area contributed by atoms with Crippen LogP contribution in [0.5, 0.6) is 0 Å². The second-order valence-electron chi connectivity index (χ2n) is 9.33. The Bertz CT molecular complexity index is 487. The summed E-state index contributed by atoms with van der Waals surface area (Å²) in [4.78, 5) is 29.7. The maximum absolute atomic E-state index is 13.4. The van der Waals surface area contributed by atoms with Gasteiger partial charge >= 0.3 is 0 Å². The standard InChI is InChI=1S/C21H34N2O2/c1-2-3-4-5-19(24)22-6-8-23(9-7-22)20(25)21-13-16-10-17(14-21)12-18(11-16)15-21/h16-18H,2-15H2,1H3. The van der Waals surface area contributed by atoms with Gasteiger partial charge in [-0.15, -0.1) is 0 Å². The van der Waals surface area contributed by atoms with Crippen molar-refractivity contribution in [2.45, 2.75) is 71.1 Å². The van der Waals surface area contributed by atoms with Gasteiger partial charge in [-0.3, -0.25) is 9.59 Å². The molecular formula is C21H34N2O2. The Morgan fingerprint density at radius 2 is 1.36 bits per heavy atom. The van der Waals surface area contributed by atoms with E-state index in [2.05, 4.69) is 11.8 Å². The van der Waals surface area contributed by atoms with E-state index >= 15 is 0 Å². The molecule has 4 heteroatoms. The van der Waals surface area contributed by atoms with Crippen LogP contribution in [0.3, 0.4) is 0 Å². The Balaban J connectivity index is 1.32. The normalized spacial score (nSPS) is 36.8. The van der Waals surface area contributed by atoms with E-state index in [1.165, 1.54) is 19.3 Å². The first-order valence-electron chi connectivity index (χ1n) is 10.7. The SMILES string of the molecule is CCCCCC(=O)N1CCN(C(=O)C23CC4CC(CC(C4)C2)C3)CC1. The number of carbonyl (C=O) groups is 2. The van der Waals surface area contributed by atoms with Crippen LogP contribution in [-0.4, -0.2) is 47.8 Å². The number of hydrogen-bond donors (Lipinski definition) is 0. The molecule has 0 spiro atoms. The number of amides is 2. The van der Waals surface area contributed by atoms with E-state index in [1.54, 1.807) is 0 Å². The summed E-state index contributed by atoms with van der Waals surface area (Å²) in [6.45, 7) is 5.14. The summed E-state index contributed by atoms with van der Waals surface area (Å²) in [5, 5.41) is 0. The molecule has 0 aromatic rings. The molecule has 4 saturated carbocycles. The first-order chi connectivity index (χ1) is 12.1. The minimum atomic E-state index is -0.0257. The van der Waals surface area contributed by atoms with Crippen LogP contribution in [-0.2, 0) is 9.59 Å². The van der Waals surface area contributed by atoms with Gasteiger partial charge in [0.15, 0.2) is 0 Å². The fourth-order valence-electron chi connectivity index (χ4n) is 6.55. The molecule has 4 bridgehead atoms. The van der Waals surface area contributed by atoms with Gasteiger partial charge in [-0.05, 0) is 62.7 Å². The number of hydrogen-bond acceptors (Lipinski definition) is 2. The Morgan fingerprint density at radius 1 is 0.840 bits per heavy atom. The quantitative estimate of drug-likeness (QED) is 0.715. The number of carbonyl (C=O) groups excluding carboxylic acids is 2. The highest BCUT2D eigenvalue weighted by Crippen LogP contribution is 2.60. The molecule has 0 unspecified atom stereocenters. The van der Waals surface area contributed by atoms with Crippen LogP contribution in [0.15, 0.2) is 0 Å². The largest absolute Gasteiger partial charge is 0.339 e. The van der Waals surface area contributed by atoms with Crippen LogP contribution >= 0.6 is 0 Å².